The van der Waals surface area contributed by atoms with Gasteiger partial charge in [-0.05, 0) is 36.6 Å². The Labute approximate surface area is 101 Å². The summed E-state index contributed by atoms with van der Waals surface area (Å²) in [6.45, 7) is 2.11. The molecule has 3 rings (SSSR count). The number of fused-ring (bicyclic) bond motifs is 3. The fourth-order valence-electron chi connectivity index (χ4n) is 3.04. The molecule has 0 fully saturated rings. The lowest BCUT2D eigenvalue weighted by Crippen LogP contribution is -2.20. The van der Waals surface area contributed by atoms with Crippen molar-refractivity contribution in [3.63, 3.8) is 0 Å². The Morgan fingerprint density at radius 1 is 1.35 bits per heavy atom. The predicted octanol–water partition coefficient (Wildman–Crippen LogP) is 1.92. The van der Waals surface area contributed by atoms with Gasteiger partial charge in [-0.3, -0.25) is 0 Å². The number of rotatable bonds is 1. The third kappa shape index (κ3) is 1.39. The summed E-state index contributed by atoms with van der Waals surface area (Å²) in [5.74, 6) is 0.963. The van der Waals surface area contributed by atoms with E-state index in [-0.39, 0.29) is 6.04 Å². The molecule has 2 aromatic rings. The minimum Gasteiger partial charge on any atom is -0.495 e. The van der Waals surface area contributed by atoms with Crippen LogP contribution in [-0.4, -0.2) is 17.7 Å². The standard InChI is InChI=1S/C14H18N2O/c1-8-4-11-10-6-9(15)7-12(10)16(2)14(11)13(5-8)17-3/h4-5,9H,6-7,15H2,1-3H3. The molecule has 0 radical (unpaired) electrons. The summed E-state index contributed by atoms with van der Waals surface area (Å²) in [4.78, 5) is 0. The van der Waals surface area contributed by atoms with E-state index in [1.807, 2.05) is 0 Å². The maximum atomic E-state index is 6.05. The van der Waals surface area contributed by atoms with Crippen LogP contribution in [0.15, 0.2) is 12.1 Å². The molecule has 2 N–H and O–H groups in total. The van der Waals surface area contributed by atoms with E-state index in [0.29, 0.717) is 0 Å². The van der Waals surface area contributed by atoms with Gasteiger partial charge in [-0.25, -0.2) is 0 Å². The summed E-state index contributed by atoms with van der Waals surface area (Å²) in [6.07, 6.45) is 1.96. The van der Waals surface area contributed by atoms with Crippen LogP contribution in [-0.2, 0) is 19.9 Å². The van der Waals surface area contributed by atoms with Gasteiger partial charge in [-0.1, -0.05) is 0 Å². The van der Waals surface area contributed by atoms with Crippen LogP contribution in [0, 0.1) is 6.92 Å². The summed E-state index contributed by atoms with van der Waals surface area (Å²) in [7, 11) is 3.84. The molecule has 1 aliphatic carbocycles. The van der Waals surface area contributed by atoms with E-state index < -0.39 is 0 Å². The highest BCUT2D eigenvalue weighted by molar-refractivity contribution is 5.91. The Balaban J connectivity index is 2.38. The van der Waals surface area contributed by atoms with Crippen molar-refractivity contribution in [1.29, 1.82) is 0 Å². The zero-order valence-corrected chi connectivity index (χ0v) is 10.6. The molecule has 1 aromatic carbocycles. The van der Waals surface area contributed by atoms with Crippen LogP contribution in [0.3, 0.4) is 0 Å². The molecule has 0 amide bonds. The van der Waals surface area contributed by atoms with Crippen molar-refractivity contribution >= 4 is 10.9 Å². The van der Waals surface area contributed by atoms with Crippen LogP contribution in [0.1, 0.15) is 16.8 Å². The molecule has 3 nitrogen and oxygen atoms in total. The number of hydrogen-bond donors (Lipinski definition) is 1. The second-order valence-electron chi connectivity index (χ2n) is 5.02. The van der Waals surface area contributed by atoms with E-state index in [0.717, 1.165) is 18.6 Å². The minimum absolute atomic E-state index is 0.280. The molecular weight excluding hydrogens is 212 g/mol. The van der Waals surface area contributed by atoms with Crippen LogP contribution in [0.25, 0.3) is 10.9 Å². The van der Waals surface area contributed by atoms with Gasteiger partial charge in [0, 0.05) is 30.6 Å². The molecule has 0 saturated heterocycles. The first-order valence-electron chi connectivity index (χ1n) is 6.02. The molecule has 3 heteroatoms. The lowest BCUT2D eigenvalue weighted by molar-refractivity contribution is 0.417. The van der Waals surface area contributed by atoms with E-state index in [4.69, 9.17) is 10.5 Å². The number of nitrogens with two attached hydrogens (primary N) is 1. The Hall–Kier alpha value is -1.48. The second-order valence-corrected chi connectivity index (χ2v) is 5.02. The molecule has 0 bridgehead atoms. The predicted molar refractivity (Wildman–Crippen MR) is 69.6 cm³/mol. The monoisotopic (exact) mass is 230 g/mol. The first kappa shape index (κ1) is 10.7. The smallest absolute Gasteiger partial charge is 0.143 e. The Morgan fingerprint density at radius 3 is 2.82 bits per heavy atom. The Kier molecular flexibility index (Phi) is 2.20. The third-order valence-corrected chi connectivity index (χ3v) is 3.77. The number of ether oxygens (including phenoxy) is 1. The highest BCUT2D eigenvalue weighted by atomic mass is 16.5. The summed E-state index contributed by atoms with van der Waals surface area (Å²) in [5, 5.41) is 1.31. The number of nitrogens with zero attached hydrogens (tertiary/aromatic N) is 1. The maximum absolute atomic E-state index is 6.05. The fraction of sp³-hybridized carbons (Fsp3) is 0.429. The number of benzene rings is 1. The number of hydrogen-bond acceptors (Lipinski definition) is 2. The Bertz CT molecular complexity index is 598. The van der Waals surface area contributed by atoms with Crippen molar-refractivity contribution in [1.82, 2.24) is 4.57 Å². The average molecular weight is 230 g/mol. The molecular formula is C14H18N2O. The van der Waals surface area contributed by atoms with Gasteiger partial charge < -0.3 is 15.0 Å². The number of methoxy groups -OCH3 is 1. The molecule has 17 heavy (non-hydrogen) atoms. The van der Waals surface area contributed by atoms with Gasteiger partial charge in [0.05, 0.1) is 12.6 Å². The van der Waals surface area contributed by atoms with Gasteiger partial charge in [0.15, 0.2) is 0 Å². The van der Waals surface area contributed by atoms with E-state index >= 15 is 0 Å². The van der Waals surface area contributed by atoms with Crippen LogP contribution in [0.5, 0.6) is 5.75 Å². The first-order chi connectivity index (χ1) is 8.11. The topological polar surface area (TPSA) is 40.2 Å². The van der Waals surface area contributed by atoms with Crippen LogP contribution >= 0.6 is 0 Å². The lowest BCUT2D eigenvalue weighted by atomic mass is 10.1. The minimum atomic E-state index is 0.280. The summed E-state index contributed by atoms with van der Waals surface area (Å²) < 4.78 is 7.75. The summed E-state index contributed by atoms with van der Waals surface area (Å²) in [6, 6.07) is 4.62. The molecule has 1 aromatic heterocycles. The van der Waals surface area contributed by atoms with Gasteiger partial charge in [0.2, 0.25) is 0 Å². The highest BCUT2D eigenvalue weighted by Gasteiger charge is 2.26. The third-order valence-electron chi connectivity index (χ3n) is 3.77. The number of aryl methyl sites for hydroxylation is 2. The van der Waals surface area contributed by atoms with Crippen molar-refractivity contribution in [2.45, 2.75) is 25.8 Å². The van der Waals surface area contributed by atoms with E-state index in [1.165, 1.54) is 27.7 Å². The van der Waals surface area contributed by atoms with Crippen molar-refractivity contribution in [3.8, 4) is 5.75 Å². The maximum Gasteiger partial charge on any atom is 0.143 e. The Morgan fingerprint density at radius 2 is 2.12 bits per heavy atom. The molecule has 1 aliphatic rings. The van der Waals surface area contributed by atoms with Gasteiger partial charge in [0.25, 0.3) is 0 Å². The van der Waals surface area contributed by atoms with E-state index in [1.54, 1.807) is 7.11 Å². The first-order valence-corrected chi connectivity index (χ1v) is 6.02. The van der Waals surface area contributed by atoms with Crippen LogP contribution < -0.4 is 10.5 Å². The molecule has 1 unspecified atom stereocenters. The fourth-order valence-corrected chi connectivity index (χ4v) is 3.04. The highest BCUT2D eigenvalue weighted by Crippen LogP contribution is 2.37. The van der Waals surface area contributed by atoms with Gasteiger partial charge in [-0.2, -0.15) is 0 Å². The number of aromatic nitrogens is 1. The second kappa shape index (κ2) is 3.50. The largest absolute Gasteiger partial charge is 0.495 e. The normalized spacial score (nSPS) is 18.7. The van der Waals surface area contributed by atoms with Crippen LogP contribution in [0.2, 0.25) is 0 Å². The molecule has 0 saturated carbocycles. The molecule has 1 atom stereocenters. The van der Waals surface area contributed by atoms with Gasteiger partial charge in [0.1, 0.15) is 5.75 Å². The SMILES string of the molecule is COc1cc(C)cc2c3c(n(C)c12)CC(N)C3. The molecule has 1 heterocycles. The zero-order valence-electron chi connectivity index (χ0n) is 10.6. The summed E-state index contributed by atoms with van der Waals surface area (Å²) >= 11 is 0. The molecule has 0 spiro atoms. The van der Waals surface area contributed by atoms with E-state index in [2.05, 4.69) is 30.7 Å². The quantitative estimate of drug-likeness (QED) is 0.813. The average Bonchev–Trinajstić information content (AvgIpc) is 2.78. The van der Waals surface area contributed by atoms with Gasteiger partial charge in [-0.15, -0.1) is 0 Å². The van der Waals surface area contributed by atoms with Crippen molar-refractivity contribution in [2.75, 3.05) is 7.11 Å². The molecule has 90 valence electrons. The van der Waals surface area contributed by atoms with E-state index in [9.17, 15) is 0 Å². The lowest BCUT2D eigenvalue weighted by Gasteiger charge is -2.09. The van der Waals surface area contributed by atoms with Crippen molar-refractivity contribution in [3.05, 3.63) is 29.0 Å². The van der Waals surface area contributed by atoms with Crippen molar-refractivity contribution in [2.24, 2.45) is 12.8 Å². The van der Waals surface area contributed by atoms with Gasteiger partial charge >= 0.3 is 0 Å². The zero-order chi connectivity index (χ0) is 12.2. The van der Waals surface area contributed by atoms with Crippen LogP contribution in [0.4, 0.5) is 0 Å². The molecule has 0 aliphatic heterocycles. The van der Waals surface area contributed by atoms with Crippen molar-refractivity contribution < 1.29 is 4.74 Å². The summed E-state index contributed by atoms with van der Waals surface area (Å²) in [5.41, 5.74) is 11.3.